The summed E-state index contributed by atoms with van der Waals surface area (Å²) in [5.74, 6) is 0. The Morgan fingerprint density at radius 2 is 2.12 bits per heavy atom. The van der Waals surface area contributed by atoms with Crippen LogP contribution in [0.2, 0.25) is 0 Å². The van der Waals surface area contributed by atoms with Crippen molar-refractivity contribution in [2.75, 3.05) is 0 Å². The van der Waals surface area contributed by atoms with Crippen LogP contribution in [0.3, 0.4) is 0 Å². The second-order valence-electron chi connectivity index (χ2n) is 4.00. The number of pyridine rings is 2. The molecule has 0 aliphatic heterocycles. The van der Waals surface area contributed by atoms with Crippen molar-refractivity contribution in [1.82, 2.24) is 9.97 Å². The molecule has 0 radical (unpaired) electrons. The molecular weight excluding hydrogens is 200 g/mol. The lowest BCUT2D eigenvalue weighted by molar-refractivity contribution is 0.916. The lowest BCUT2D eigenvalue weighted by Crippen LogP contribution is -2.11. The number of hydrogen-bond acceptors (Lipinski definition) is 2. The van der Waals surface area contributed by atoms with E-state index in [2.05, 4.69) is 16.9 Å². The standard InChI is InChI=1S/C13H16N2O/c1-3-5-9-6-12-11(14-8-9)7-10(4-2)13(16)15-12/h6-8H,3-5H2,1-2H3,(H,15,16). The van der Waals surface area contributed by atoms with Gasteiger partial charge in [0.15, 0.2) is 0 Å². The van der Waals surface area contributed by atoms with Gasteiger partial charge in [-0.1, -0.05) is 20.3 Å². The third kappa shape index (κ3) is 1.98. The smallest absolute Gasteiger partial charge is 0.251 e. The first-order valence-electron chi connectivity index (χ1n) is 5.75. The number of H-pyrrole nitrogens is 1. The number of fused-ring (bicyclic) bond motifs is 1. The number of aromatic amines is 1. The fourth-order valence-corrected chi connectivity index (χ4v) is 1.85. The topological polar surface area (TPSA) is 45.8 Å². The van der Waals surface area contributed by atoms with Gasteiger partial charge in [-0.2, -0.15) is 0 Å². The third-order valence-corrected chi connectivity index (χ3v) is 2.75. The number of nitrogens with zero attached hydrogens (tertiary/aromatic N) is 1. The van der Waals surface area contributed by atoms with Gasteiger partial charge < -0.3 is 4.98 Å². The van der Waals surface area contributed by atoms with E-state index in [1.54, 1.807) is 0 Å². The fourth-order valence-electron chi connectivity index (χ4n) is 1.85. The molecule has 2 heterocycles. The first-order valence-corrected chi connectivity index (χ1v) is 5.75. The summed E-state index contributed by atoms with van der Waals surface area (Å²) in [6.45, 7) is 4.11. The molecule has 0 aromatic carbocycles. The lowest BCUT2D eigenvalue weighted by Gasteiger charge is -2.03. The fraction of sp³-hybridized carbons (Fsp3) is 0.385. The van der Waals surface area contributed by atoms with Crippen LogP contribution in [0.5, 0.6) is 0 Å². The van der Waals surface area contributed by atoms with Crippen LogP contribution < -0.4 is 5.56 Å². The van der Waals surface area contributed by atoms with E-state index in [-0.39, 0.29) is 5.56 Å². The maximum absolute atomic E-state index is 11.7. The Balaban J connectivity index is 2.58. The number of rotatable bonds is 3. The molecule has 2 rings (SSSR count). The molecule has 2 aromatic heterocycles. The zero-order chi connectivity index (χ0) is 11.5. The molecule has 0 atom stereocenters. The minimum Gasteiger partial charge on any atom is -0.320 e. The van der Waals surface area contributed by atoms with Gasteiger partial charge in [0.05, 0.1) is 11.0 Å². The number of hydrogen-bond donors (Lipinski definition) is 1. The van der Waals surface area contributed by atoms with Crippen molar-refractivity contribution in [3.63, 3.8) is 0 Å². The molecule has 0 amide bonds. The molecule has 0 aliphatic carbocycles. The van der Waals surface area contributed by atoms with Crippen LogP contribution >= 0.6 is 0 Å². The molecule has 84 valence electrons. The summed E-state index contributed by atoms with van der Waals surface area (Å²) in [4.78, 5) is 18.9. The molecule has 0 unspecified atom stereocenters. The Kier molecular flexibility index (Phi) is 3.04. The summed E-state index contributed by atoms with van der Waals surface area (Å²) < 4.78 is 0. The first-order chi connectivity index (χ1) is 7.74. The molecule has 0 fully saturated rings. The van der Waals surface area contributed by atoms with Gasteiger partial charge in [-0.3, -0.25) is 9.78 Å². The van der Waals surface area contributed by atoms with Crippen molar-refractivity contribution in [2.24, 2.45) is 0 Å². The molecule has 0 saturated heterocycles. The van der Waals surface area contributed by atoms with Gasteiger partial charge in [0.2, 0.25) is 0 Å². The summed E-state index contributed by atoms with van der Waals surface area (Å²) in [5, 5.41) is 0. The molecule has 0 aliphatic rings. The Morgan fingerprint density at radius 1 is 1.31 bits per heavy atom. The van der Waals surface area contributed by atoms with E-state index >= 15 is 0 Å². The summed E-state index contributed by atoms with van der Waals surface area (Å²) in [5.41, 5.74) is 3.69. The number of nitrogens with one attached hydrogen (secondary N) is 1. The van der Waals surface area contributed by atoms with Gasteiger partial charge in [0, 0.05) is 11.8 Å². The van der Waals surface area contributed by atoms with Gasteiger partial charge in [-0.05, 0) is 30.5 Å². The molecule has 0 spiro atoms. The summed E-state index contributed by atoms with van der Waals surface area (Å²) in [6, 6.07) is 3.90. The van der Waals surface area contributed by atoms with Gasteiger partial charge >= 0.3 is 0 Å². The highest BCUT2D eigenvalue weighted by Gasteiger charge is 2.02. The third-order valence-electron chi connectivity index (χ3n) is 2.75. The average molecular weight is 216 g/mol. The van der Waals surface area contributed by atoms with E-state index in [9.17, 15) is 4.79 Å². The predicted molar refractivity (Wildman–Crippen MR) is 65.7 cm³/mol. The van der Waals surface area contributed by atoms with Crippen LogP contribution in [0.15, 0.2) is 23.1 Å². The molecular formula is C13H16N2O. The Hall–Kier alpha value is -1.64. The number of aryl methyl sites for hydroxylation is 2. The van der Waals surface area contributed by atoms with Crippen LogP contribution in [0, 0.1) is 0 Å². The molecule has 3 heteroatoms. The monoisotopic (exact) mass is 216 g/mol. The number of aromatic nitrogens is 2. The largest absolute Gasteiger partial charge is 0.320 e. The maximum atomic E-state index is 11.7. The van der Waals surface area contributed by atoms with Crippen LogP contribution in [0.25, 0.3) is 11.0 Å². The highest BCUT2D eigenvalue weighted by molar-refractivity contribution is 5.74. The van der Waals surface area contributed by atoms with E-state index in [0.717, 1.165) is 35.9 Å². The maximum Gasteiger partial charge on any atom is 0.251 e. The minimum absolute atomic E-state index is 0.00504. The predicted octanol–water partition coefficient (Wildman–Crippen LogP) is 2.44. The SMILES string of the molecule is CCCc1cnc2cc(CC)c(=O)[nH]c2c1. The van der Waals surface area contributed by atoms with Gasteiger partial charge in [0.1, 0.15) is 0 Å². The van der Waals surface area contributed by atoms with E-state index in [4.69, 9.17) is 0 Å². The summed E-state index contributed by atoms with van der Waals surface area (Å²) in [7, 11) is 0. The minimum atomic E-state index is 0.00504. The van der Waals surface area contributed by atoms with Crippen LogP contribution in [0.4, 0.5) is 0 Å². The molecule has 2 aromatic rings. The van der Waals surface area contributed by atoms with Crippen LogP contribution in [-0.4, -0.2) is 9.97 Å². The second-order valence-corrected chi connectivity index (χ2v) is 4.00. The lowest BCUT2D eigenvalue weighted by atomic mass is 10.1. The molecule has 0 saturated carbocycles. The Labute approximate surface area is 94.5 Å². The first kappa shape index (κ1) is 10.9. The molecule has 16 heavy (non-hydrogen) atoms. The van der Waals surface area contributed by atoms with Crippen molar-refractivity contribution in [1.29, 1.82) is 0 Å². The highest BCUT2D eigenvalue weighted by atomic mass is 16.1. The molecule has 3 nitrogen and oxygen atoms in total. The van der Waals surface area contributed by atoms with E-state index in [0.29, 0.717) is 0 Å². The van der Waals surface area contributed by atoms with Crippen molar-refractivity contribution in [2.45, 2.75) is 33.1 Å². The van der Waals surface area contributed by atoms with Gasteiger partial charge in [0.25, 0.3) is 5.56 Å². The van der Waals surface area contributed by atoms with Crippen molar-refractivity contribution >= 4 is 11.0 Å². The Bertz CT molecular complexity index is 557. The highest BCUT2D eigenvalue weighted by Crippen LogP contribution is 2.11. The summed E-state index contributed by atoms with van der Waals surface area (Å²) >= 11 is 0. The molecule has 1 N–H and O–H groups in total. The van der Waals surface area contributed by atoms with E-state index in [1.807, 2.05) is 25.3 Å². The van der Waals surface area contributed by atoms with Crippen molar-refractivity contribution in [3.8, 4) is 0 Å². The average Bonchev–Trinajstić information content (AvgIpc) is 2.28. The zero-order valence-electron chi connectivity index (χ0n) is 9.71. The van der Waals surface area contributed by atoms with Gasteiger partial charge in [-0.15, -0.1) is 0 Å². The zero-order valence-corrected chi connectivity index (χ0v) is 9.71. The van der Waals surface area contributed by atoms with Crippen LogP contribution in [-0.2, 0) is 12.8 Å². The van der Waals surface area contributed by atoms with E-state index < -0.39 is 0 Å². The quantitative estimate of drug-likeness (QED) is 0.856. The van der Waals surface area contributed by atoms with Gasteiger partial charge in [-0.25, -0.2) is 0 Å². The van der Waals surface area contributed by atoms with Crippen LogP contribution in [0.1, 0.15) is 31.4 Å². The Morgan fingerprint density at radius 3 is 2.81 bits per heavy atom. The van der Waals surface area contributed by atoms with E-state index in [1.165, 1.54) is 5.56 Å². The normalized spacial score (nSPS) is 10.9. The molecule has 0 bridgehead atoms. The van der Waals surface area contributed by atoms with Crippen molar-refractivity contribution in [3.05, 3.63) is 39.8 Å². The van der Waals surface area contributed by atoms with Crippen molar-refractivity contribution < 1.29 is 0 Å². The summed E-state index contributed by atoms with van der Waals surface area (Å²) in [6.07, 6.45) is 4.72. The second kappa shape index (κ2) is 4.47.